The highest BCUT2D eigenvalue weighted by atomic mass is 31.0. The minimum absolute atomic E-state index is 0. The summed E-state index contributed by atoms with van der Waals surface area (Å²) in [6, 6.07) is 1.22. The minimum Gasteiger partial charge on any atom is -0.508 e. The van der Waals surface area contributed by atoms with Gasteiger partial charge in [0.25, 0.3) is 0 Å². The van der Waals surface area contributed by atoms with Gasteiger partial charge in [0.2, 0.25) is 0 Å². The van der Waals surface area contributed by atoms with E-state index in [4.69, 9.17) is 15.3 Å². The molecule has 1 unspecified atom stereocenters. The summed E-state index contributed by atoms with van der Waals surface area (Å²) in [4.78, 5) is 0. The van der Waals surface area contributed by atoms with E-state index in [1.807, 2.05) is 0 Å². The van der Waals surface area contributed by atoms with Crippen LogP contribution in [0.5, 0.6) is 17.2 Å². The normalized spacial score (nSPS) is 12.7. The van der Waals surface area contributed by atoms with Crippen molar-refractivity contribution in [2.45, 2.75) is 37.1 Å². The van der Waals surface area contributed by atoms with E-state index in [9.17, 15) is 79.0 Å². The van der Waals surface area contributed by atoms with Gasteiger partial charge in [-0.25, -0.2) is 0 Å². The fourth-order valence-electron chi connectivity index (χ4n) is 2.82. The lowest BCUT2D eigenvalue weighted by molar-refractivity contribution is -0.144. The van der Waals surface area contributed by atoms with E-state index in [0.29, 0.717) is 0 Å². The highest BCUT2D eigenvalue weighted by Gasteiger charge is 2.39. The summed E-state index contributed by atoms with van der Waals surface area (Å²) in [6.45, 7) is 0. The summed E-state index contributed by atoms with van der Waals surface area (Å²) >= 11 is 0. The topological polar surface area (TPSA) is 60.7 Å². The van der Waals surface area contributed by atoms with Crippen LogP contribution in [0.15, 0.2) is 54.6 Å². The van der Waals surface area contributed by atoms with Gasteiger partial charge in [0.15, 0.2) is 0 Å². The molecule has 0 heterocycles. The Morgan fingerprint density at radius 1 is 0.261 bits per heavy atom. The van der Waals surface area contributed by atoms with E-state index in [1.54, 1.807) is 0 Å². The Morgan fingerprint density at radius 3 is 0.457 bits per heavy atom. The van der Waals surface area contributed by atoms with Gasteiger partial charge in [-0.1, -0.05) is 0 Å². The average molecular weight is 724 g/mol. The minimum atomic E-state index is -4.92. The predicted octanol–water partition coefficient (Wildman–Crippen LogP) is 10.3. The van der Waals surface area contributed by atoms with Crippen molar-refractivity contribution in [2.24, 2.45) is 0 Å². The Hall–Kier alpha value is -3.77. The van der Waals surface area contributed by atoms with Gasteiger partial charge in [0.05, 0.1) is 33.4 Å². The number of hydrogen-bond acceptors (Lipinski definition) is 3. The van der Waals surface area contributed by atoms with Crippen LogP contribution in [0.1, 0.15) is 33.4 Å². The van der Waals surface area contributed by atoms with E-state index in [2.05, 4.69) is 0 Å². The van der Waals surface area contributed by atoms with E-state index in [1.165, 1.54) is 0 Å². The zero-order chi connectivity index (χ0) is 35.6. The van der Waals surface area contributed by atoms with Gasteiger partial charge in [-0.3, -0.25) is 0 Å². The Balaban J connectivity index is 0.000000653. The molecule has 0 spiro atoms. The summed E-state index contributed by atoms with van der Waals surface area (Å²) in [5.41, 5.74) is -9.20. The van der Waals surface area contributed by atoms with Crippen molar-refractivity contribution in [3.8, 4) is 17.2 Å². The van der Waals surface area contributed by atoms with Crippen LogP contribution in [0.2, 0.25) is 0 Å². The first-order valence-corrected chi connectivity index (χ1v) is 10.8. The van der Waals surface area contributed by atoms with Crippen LogP contribution in [-0.2, 0) is 37.1 Å². The van der Waals surface area contributed by atoms with Crippen LogP contribution >= 0.6 is 9.90 Å². The van der Waals surface area contributed by atoms with Gasteiger partial charge in [0, 0.05) is 0 Å². The zero-order valence-corrected chi connectivity index (χ0v) is 23.0. The number of benzene rings is 3. The molecule has 3 nitrogen and oxygen atoms in total. The first kappa shape index (κ1) is 42.2. The molecule has 0 aliphatic rings. The quantitative estimate of drug-likeness (QED) is 0.160. The van der Waals surface area contributed by atoms with Crippen molar-refractivity contribution in [2.75, 3.05) is 0 Å². The van der Waals surface area contributed by atoms with Gasteiger partial charge >= 0.3 is 37.1 Å². The highest BCUT2D eigenvalue weighted by Crippen LogP contribution is 2.40. The monoisotopic (exact) mass is 724 g/mol. The number of halogens is 18. The fourth-order valence-corrected chi connectivity index (χ4v) is 2.82. The van der Waals surface area contributed by atoms with Gasteiger partial charge < -0.3 is 15.3 Å². The lowest BCUT2D eigenvalue weighted by Crippen LogP contribution is -2.10. The fraction of sp³-hybridized carbons (Fsp3) is 0.250. The third-order valence-corrected chi connectivity index (χ3v) is 4.72. The maximum atomic E-state index is 12.1. The number of phenols is 3. The molecule has 260 valence electrons. The van der Waals surface area contributed by atoms with Crippen LogP contribution in [0.25, 0.3) is 0 Å². The van der Waals surface area contributed by atoms with E-state index in [-0.39, 0.29) is 64.5 Å². The third kappa shape index (κ3) is 13.3. The molecule has 0 amide bonds. The molecule has 3 rings (SSSR count). The van der Waals surface area contributed by atoms with Gasteiger partial charge in [0.1, 0.15) is 17.2 Å². The second-order valence-corrected chi connectivity index (χ2v) is 8.29. The van der Waals surface area contributed by atoms with Crippen molar-refractivity contribution in [3.63, 3.8) is 0 Å². The van der Waals surface area contributed by atoms with Crippen molar-refractivity contribution in [3.05, 3.63) is 88.0 Å². The largest absolute Gasteiger partial charge is 0.508 e. The van der Waals surface area contributed by atoms with Crippen LogP contribution < -0.4 is 0 Å². The average Bonchev–Trinajstić information content (AvgIpc) is 2.80. The molecule has 3 aromatic rings. The Morgan fingerprint density at radius 2 is 0.370 bits per heavy atom. The molecular weight excluding hydrogens is 709 g/mol. The predicted molar refractivity (Wildman–Crippen MR) is 125 cm³/mol. The maximum absolute atomic E-state index is 12.1. The molecule has 0 aliphatic heterocycles. The van der Waals surface area contributed by atoms with Gasteiger partial charge in [-0.2, -0.15) is 88.9 Å². The first-order valence-electron chi connectivity index (χ1n) is 10.8. The van der Waals surface area contributed by atoms with E-state index < -0.39 is 87.7 Å². The number of aromatic hydroxyl groups is 3. The molecule has 46 heavy (non-hydrogen) atoms. The standard InChI is InChI=1S/3C8H4F6O.H3P/c3*9-7(10,11)4-1-5(8(12,13)14)3-6(15)2-4;/h3*1-3,15H;1H3. The molecule has 1 atom stereocenters. The van der Waals surface area contributed by atoms with Crippen molar-refractivity contribution < 1.29 is 94.3 Å². The summed E-state index contributed by atoms with van der Waals surface area (Å²) < 4.78 is 217. The molecule has 0 aliphatic carbocycles. The molecule has 0 fully saturated rings. The van der Waals surface area contributed by atoms with Crippen LogP contribution in [-0.4, -0.2) is 15.3 Å². The summed E-state index contributed by atoms with van der Waals surface area (Å²) in [7, 11) is 0. The number of phenolic OH excluding ortho intramolecular Hbond substituents is 3. The first-order chi connectivity index (χ1) is 19.8. The number of alkyl halides is 18. The molecule has 22 heteroatoms. The number of rotatable bonds is 0. The second kappa shape index (κ2) is 14.3. The van der Waals surface area contributed by atoms with Crippen LogP contribution in [0.3, 0.4) is 0 Å². The highest BCUT2D eigenvalue weighted by molar-refractivity contribution is 6.92. The SMILES string of the molecule is Oc1cc(C(F)(F)F)cc(C(F)(F)F)c1.Oc1cc(C(F)(F)F)cc(C(F)(F)F)c1.Oc1cc(C(F)(F)F)cc(C(F)(F)F)c1.P. The smallest absolute Gasteiger partial charge is 0.416 e. The van der Waals surface area contributed by atoms with Crippen molar-refractivity contribution >= 4 is 9.90 Å². The zero-order valence-electron chi connectivity index (χ0n) is 21.5. The molecule has 0 radical (unpaired) electrons. The molecule has 0 aromatic heterocycles. The number of hydrogen-bond donors (Lipinski definition) is 3. The van der Waals surface area contributed by atoms with E-state index in [0.717, 1.165) is 0 Å². The van der Waals surface area contributed by atoms with Crippen LogP contribution in [0.4, 0.5) is 79.0 Å². The summed E-state index contributed by atoms with van der Waals surface area (Å²) in [5, 5.41) is 26.2. The lowest BCUT2D eigenvalue weighted by Gasteiger charge is -2.11. The second-order valence-electron chi connectivity index (χ2n) is 8.29. The molecule has 0 bridgehead atoms. The van der Waals surface area contributed by atoms with Crippen molar-refractivity contribution in [1.29, 1.82) is 0 Å². The van der Waals surface area contributed by atoms with Gasteiger partial charge in [-0.15, -0.1) is 0 Å². The van der Waals surface area contributed by atoms with Gasteiger partial charge in [-0.05, 0) is 54.6 Å². The molecule has 0 saturated heterocycles. The summed E-state index contributed by atoms with van der Waals surface area (Å²) in [6.07, 6.45) is -29.5. The summed E-state index contributed by atoms with van der Waals surface area (Å²) in [5.74, 6) is -3.22. The van der Waals surface area contributed by atoms with E-state index >= 15 is 0 Å². The molecule has 3 N–H and O–H groups in total. The molecule has 3 aromatic carbocycles. The Bertz CT molecular complexity index is 1180. The molecule has 0 saturated carbocycles. The molecular formula is C24H15F18O3P. The Kier molecular flexibility index (Phi) is 13.2. The maximum Gasteiger partial charge on any atom is 0.416 e. The Labute approximate surface area is 247 Å². The third-order valence-electron chi connectivity index (χ3n) is 4.72. The van der Waals surface area contributed by atoms with Crippen LogP contribution in [0, 0.1) is 0 Å². The lowest BCUT2D eigenvalue weighted by atomic mass is 10.1. The van der Waals surface area contributed by atoms with Crippen molar-refractivity contribution in [1.82, 2.24) is 0 Å².